The van der Waals surface area contributed by atoms with Crippen LogP contribution in [0.25, 0.3) is 0 Å². The molecule has 2 aromatic rings. The van der Waals surface area contributed by atoms with Crippen LogP contribution in [0.3, 0.4) is 0 Å². The maximum Gasteiger partial charge on any atom is 0.264 e. The Morgan fingerprint density at radius 3 is 2.25 bits per heavy atom. The lowest BCUT2D eigenvalue weighted by Gasteiger charge is -2.26. The fraction of sp³-hybridized carbons (Fsp3) is 0.381. The third-order valence-corrected chi connectivity index (χ3v) is 6.12. The first-order valence-corrected chi connectivity index (χ1v) is 10.5. The van der Waals surface area contributed by atoms with Crippen LogP contribution in [-0.4, -0.2) is 40.6 Å². The average molecular weight is 405 g/mol. The lowest BCUT2D eigenvalue weighted by Crippen LogP contribution is -2.45. The molecule has 0 radical (unpaired) electrons. The first-order chi connectivity index (χ1) is 13.1. The van der Waals surface area contributed by atoms with Crippen LogP contribution in [0.1, 0.15) is 23.6 Å². The summed E-state index contributed by atoms with van der Waals surface area (Å²) in [6, 6.07) is 11.9. The number of nitrogens with one attached hydrogen (secondary N) is 1. The van der Waals surface area contributed by atoms with Crippen molar-refractivity contribution in [2.24, 2.45) is 0 Å². The smallest absolute Gasteiger partial charge is 0.264 e. The molecule has 0 spiro atoms. The van der Waals surface area contributed by atoms with Crippen molar-refractivity contribution in [1.82, 2.24) is 5.32 Å². The zero-order chi connectivity index (χ0) is 20.9. The van der Waals surface area contributed by atoms with Gasteiger partial charge in [0.25, 0.3) is 10.0 Å². The summed E-state index contributed by atoms with van der Waals surface area (Å²) < 4.78 is 32.9. The van der Waals surface area contributed by atoms with Crippen molar-refractivity contribution in [2.75, 3.05) is 24.6 Å². The van der Waals surface area contributed by atoms with Crippen molar-refractivity contribution in [3.63, 3.8) is 0 Å². The molecule has 0 aliphatic heterocycles. The van der Waals surface area contributed by atoms with Gasteiger partial charge in [-0.05, 0) is 51.5 Å². The molecule has 0 fully saturated rings. The number of rotatable bonds is 8. The van der Waals surface area contributed by atoms with E-state index in [0.29, 0.717) is 12.3 Å². The van der Waals surface area contributed by atoms with Crippen molar-refractivity contribution in [1.29, 1.82) is 0 Å². The van der Waals surface area contributed by atoms with E-state index in [1.54, 1.807) is 44.4 Å². The highest BCUT2D eigenvalue weighted by Crippen LogP contribution is 2.27. The molecule has 2 aromatic carbocycles. The third kappa shape index (κ3) is 5.33. The van der Waals surface area contributed by atoms with E-state index in [-0.39, 0.29) is 23.4 Å². The molecule has 1 atom stereocenters. The number of hydrogen-bond acceptors (Lipinski definition) is 4. The van der Waals surface area contributed by atoms with Gasteiger partial charge in [-0.3, -0.25) is 9.10 Å². The Bertz CT molecular complexity index is 924. The molecular formula is C21H28N2O4S. The Hall–Kier alpha value is -2.38. The minimum absolute atomic E-state index is 0.149. The number of ether oxygens (including phenoxy) is 1. The molecule has 6 nitrogen and oxygen atoms in total. The van der Waals surface area contributed by atoms with Gasteiger partial charge >= 0.3 is 0 Å². The topological polar surface area (TPSA) is 75.7 Å². The number of carbonyl (C=O) groups excluding carboxylic acids is 1. The van der Waals surface area contributed by atoms with Gasteiger partial charge < -0.3 is 10.1 Å². The van der Waals surface area contributed by atoms with Gasteiger partial charge in [0.1, 0.15) is 6.54 Å². The van der Waals surface area contributed by atoms with Gasteiger partial charge in [0.2, 0.25) is 5.91 Å². The maximum atomic E-state index is 13.3. The van der Waals surface area contributed by atoms with E-state index >= 15 is 0 Å². The van der Waals surface area contributed by atoms with E-state index < -0.39 is 10.0 Å². The van der Waals surface area contributed by atoms with Gasteiger partial charge in [0, 0.05) is 13.2 Å². The lowest BCUT2D eigenvalue weighted by atomic mass is 10.1. The predicted molar refractivity (Wildman–Crippen MR) is 111 cm³/mol. The SMILES string of the molecule is COC[C@H](C)NC(=O)CN(c1ccc(C)cc1C)S(=O)(=O)c1ccc(C)cc1. The minimum atomic E-state index is -3.91. The van der Waals surface area contributed by atoms with E-state index in [1.807, 2.05) is 32.9 Å². The highest BCUT2D eigenvalue weighted by atomic mass is 32.2. The summed E-state index contributed by atoms with van der Waals surface area (Å²) in [7, 11) is -2.36. The quantitative estimate of drug-likeness (QED) is 0.734. The first kappa shape index (κ1) is 21.9. The van der Waals surface area contributed by atoms with Crippen molar-refractivity contribution >= 4 is 21.6 Å². The van der Waals surface area contributed by atoms with Crippen LogP contribution < -0.4 is 9.62 Å². The van der Waals surface area contributed by atoms with Crippen LogP contribution in [-0.2, 0) is 19.6 Å². The largest absolute Gasteiger partial charge is 0.383 e. The summed E-state index contributed by atoms with van der Waals surface area (Å²) in [5, 5.41) is 2.77. The molecule has 0 aliphatic rings. The first-order valence-electron chi connectivity index (χ1n) is 9.10. The standard InChI is InChI=1S/C21H28N2O4S/c1-15-6-9-19(10-7-15)28(25,26)23(13-21(24)22-18(4)14-27-5)20-11-8-16(2)12-17(20)3/h6-12,18H,13-14H2,1-5H3,(H,22,24)/t18-/m0/s1. The Morgan fingerprint density at radius 2 is 1.68 bits per heavy atom. The maximum absolute atomic E-state index is 13.3. The number of hydrogen-bond donors (Lipinski definition) is 1. The molecule has 1 N–H and O–H groups in total. The number of anilines is 1. The molecule has 0 aliphatic carbocycles. The molecule has 0 saturated heterocycles. The number of carbonyl (C=O) groups is 1. The number of aryl methyl sites for hydroxylation is 3. The average Bonchev–Trinajstić information content (AvgIpc) is 2.60. The summed E-state index contributed by atoms with van der Waals surface area (Å²) in [5.74, 6) is -0.389. The number of benzene rings is 2. The van der Waals surface area contributed by atoms with Crippen LogP contribution in [0.4, 0.5) is 5.69 Å². The van der Waals surface area contributed by atoms with E-state index in [9.17, 15) is 13.2 Å². The number of amides is 1. The Balaban J connectivity index is 2.44. The molecule has 0 heterocycles. The van der Waals surface area contributed by atoms with E-state index in [1.165, 1.54) is 4.31 Å². The molecule has 0 aromatic heterocycles. The van der Waals surface area contributed by atoms with Gasteiger partial charge in [-0.1, -0.05) is 35.4 Å². The normalized spacial score (nSPS) is 12.5. The summed E-state index contributed by atoms with van der Waals surface area (Å²) in [6.07, 6.45) is 0. The lowest BCUT2D eigenvalue weighted by molar-refractivity contribution is -0.120. The Kier molecular flexibility index (Phi) is 7.21. The predicted octanol–water partition coefficient (Wildman–Crippen LogP) is 2.96. The fourth-order valence-corrected chi connectivity index (χ4v) is 4.45. The molecule has 7 heteroatoms. The number of sulfonamides is 1. The van der Waals surface area contributed by atoms with E-state index in [0.717, 1.165) is 16.7 Å². The second-order valence-corrected chi connectivity index (χ2v) is 8.90. The van der Waals surface area contributed by atoms with Gasteiger partial charge in [0.05, 0.1) is 17.2 Å². The zero-order valence-corrected chi connectivity index (χ0v) is 17.8. The number of nitrogens with zero attached hydrogens (tertiary/aromatic N) is 1. The van der Waals surface area contributed by atoms with Crippen molar-refractivity contribution < 1.29 is 17.9 Å². The number of methoxy groups -OCH3 is 1. The molecule has 0 saturated carbocycles. The van der Waals surface area contributed by atoms with E-state index in [2.05, 4.69) is 5.32 Å². The molecule has 0 bridgehead atoms. The highest BCUT2D eigenvalue weighted by Gasteiger charge is 2.28. The van der Waals surface area contributed by atoms with Crippen LogP contribution in [0, 0.1) is 20.8 Å². The fourth-order valence-electron chi connectivity index (χ4n) is 2.96. The van der Waals surface area contributed by atoms with Crippen molar-refractivity contribution in [3.05, 3.63) is 59.2 Å². The van der Waals surface area contributed by atoms with Crippen LogP contribution in [0.5, 0.6) is 0 Å². The molecular weight excluding hydrogens is 376 g/mol. The van der Waals surface area contributed by atoms with Crippen LogP contribution in [0.2, 0.25) is 0 Å². The second-order valence-electron chi connectivity index (χ2n) is 7.04. The van der Waals surface area contributed by atoms with Gasteiger partial charge in [0.15, 0.2) is 0 Å². The van der Waals surface area contributed by atoms with Crippen molar-refractivity contribution in [2.45, 2.75) is 38.6 Å². The van der Waals surface area contributed by atoms with Crippen molar-refractivity contribution in [3.8, 4) is 0 Å². The monoisotopic (exact) mass is 404 g/mol. The molecule has 0 unspecified atom stereocenters. The van der Waals surface area contributed by atoms with Gasteiger partial charge in [-0.15, -0.1) is 0 Å². The van der Waals surface area contributed by atoms with Crippen LogP contribution in [0.15, 0.2) is 47.4 Å². The summed E-state index contributed by atoms with van der Waals surface area (Å²) >= 11 is 0. The summed E-state index contributed by atoms with van der Waals surface area (Å²) in [5.41, 5.74) is 3.25. The minimum Gasteiger partial charge on any atom is -0.383 e. The third-order valence-electron chi connectivity index (χ3n) is 4.34. The van der Waals surface area contributed by atoms with Gasteiger partial charge in [-0.2, -0.15) is 0 Å². The summed E-state index contributed by atoms with van der Waals surface area (Å²) in [4.78, 5) is 12.7. The van der Waals surface area contributed by atoms with Gasteiger partial charge in [-0.25, -0.2) is 8.42 Å². The molecule has 28 heavy (non-hydrogen) atoms. The molecule has 152 valence electrons. The Labute approximate surface area is 167 Å². The highest BCUT2D eigenvalue weighted by molar-refractivity contribution is 7.92. The Morgan fingerprint density at radius 1 is 1.07 bits per heavy atom. The van der Waals surface area contributed by atoms with E-state index in [4.69, 9.17) is 4.74 Å². The van der Waals surface area contributed by atoms with Crippen LogP contribution >= 0.6 is 0 Å². The summed E-state index contributed by atoms with van der Waals surface area (Å²) in [6.45, 7) is 7.51. The zero-order valence-electron chi connectivity index (χ0n) is 17.0. The molecule has 2 rings (SSSR count). The molecule has 1 amide bonds. The second kappa shape index (κ2) is 9.21.